The number of aryl methyl sites for hydroxylation is 2. The van der Waals surface area contributed by atoms with Gasteiger partial charge in [-0.1, -0.05) is 0 Å². The number of aliphatic hydroxyl groups is 1. The fourth-order valence-electron chi connectivity index (χ4n) is 1.60. The van der Waals surface area contributed by atoms with Crippen LogP contribution < -0.4 is 0 Å². The van der Waals surface area contributed by atoms with Gasteiger partial charge >= 0.3 is 5.97 Å². The predicted octanol–water partition coefficient (Wildman–Crippen LogP) is 1.92. The van der Waals surface area contributed by atoms with Gasteiger partial charge in [0.2, 0.25) is 0 Å². The highest BCUT2D eigenvalue weighted by atomic mass is 32.1. The van der Waals surface area contributed by atoms with Crippen LogP contribution in [0, 0.1) is 13.8 Å². The average Bonchev–Trinajstić information content (AvgIpc) is 2.45. The minimum atomic E-state index is -1.19. The number of hydrogen-bond acceptors (Lipinski definition) is 5. The summed E-state index contributed by atoms with van der Waals surface area (Å²) in [5, 5.41) is 11.1. The molecule has 0 aliphatic rings. The zero-order chi connectivity index (χ0) is 12.3. The first-order valence-electron chi connectivity index (χ1n) is 5.19. The smallest absolute Gasteiger partial charge is 0.309 e. The topological polar surface area (TPSA) is 59.4 Å². The normalized spacial score (nSPS) is 14.6. The molecule has 1 N–H and O–H groups in total. The molecule has 1 heterocycles. The van der Waals surface area contributed by atoms with E-state index >= 15 is 0 Å². The van der Waals surface area contributed by atoms with Gasteiger partial charge < -0.3 is 9.84 Å². The number of hydrogen-bond donors (Lipinski definition) is 1. The summed E-state index contributed by atoms with van der Waals surface area (Å²) < 4.78 is 4.83. The predicted molar refractivity (Wildman–Crippen MR) is 62.4 cm³/mol. The van der Waals surface area contributed by atoms with Crippen LogP contribution >= 0.6 is 11.3 Å². The Kier molecular flexibility index (Phi) is 4.04. The van der Waals surface area contributed by atoms with Crippen molar-refractivity contribution in [3.05, 3.63) is 15.6 Å². The van der Waals surface area contributed by atoms with Crippen LogP contribution in [-0.2, 0) is 15.1 Å². The van der Waals surface area contributed by atoms with Gasteiger partial charge in [0.25, 0.3) is 0 Å². The minimum Gasteiger partial charge on any atom is -0.466 e. The van der Waals surface area contributed by atoms with E-state index in [2.05, 4.69) is 4.98 Å². The Balaban J connectivity index is 2.85. The number of nitrogens with zero attached hydrogens (tertiary/aromatic N) is 1. The summed E-state index contributed by atoms with van der Waals surface area (Å²) in [5.74, 6) is -0.391. The standard InChI is InChI=1S/C11H17NO3S/c1-5-15-9(13)6-11(4,14)10-7(2)12-8(3)16-10/h14H,5-6H2,1-4H3. The van der Waals surface area contributed by atoms with Crippen LogP contribution in [0.3, 0.4) is 0 Å². The van der Waals surface area contributed by atoms with Crippen molar-refractivity contribution in [3.8, 4) is 0 Å². The lowest BCUT2D eigenvalue weighted by molar-refractivity contribution is -0.148. The quantitative estimate of drug-likeness (QED) is 0.821. The molecule has 90 valence electrons. The average molecular weight is 243 g/mol. The summed E-state index contributed by atoms with van der Waals surface area (Å²) >= 11 is 1.41. The van der Waals surface area contributed by atoms with Crippen molar-refractivity contribution in [2.75, 3.05) is 6.61 Å². The molecular weight excluding hydrogens is 226 g/mol. The number of thiazole rings is 1. The highest BCUT2D eigenvalue weighted by molar-refractivity contribution is 7.11. The van der Waals surface area contributed by atoms with E-state index in [9.17, 15) is 9.90 Å². The fourth-order valence-corrected chi connectivity index (χ4v) is 2.57. The second kappa shape index (κ2) is 4.93. The summed E-state index contributed by atoms with van der Waals surface area (Å²) in [6.45, 7) is 7.40. The molecule has 1 unspecified atom stereocenters. The molecule has 0 aliphatic carbocycles. The summed E-state index contributed by atoms with van der Waals surface area (Å²) in [7, 11) is 0. The molecule has 5 heteroatoms. The van der Waals surface area contributed by atoms with E-state index in [0.29, 0.717) is 6.61 Å². The Bertz CT molecular complexity index is 385. The molecule has 1 aromatic heterocycles. The summed E-state index contributed by atoms with van der Waals surface area (Å²) in [6.07, 6.45) is -0.0384. The first-order chi connectivity index (χ1) is 7.36. The molecule has 0 radical (unpaired) electrons. The number of esters is 1. The zero-order valence-electron chi connectivity index (χ0n) is 10.0. The summed E-state index contributed by atoms with van der Waals surface area (Å²) in [6, 6.07) is 0. The first-order valence-corrected chi connectivity index (χ1v) is 6.01. The van der Waals surface area contributed by atoms with Gasteiger partial charge in [-0.05, 0) is 27.7 Å². The third-order valence-electron chi connectivity index (χ3n) is 2.19. The number of carbonyl (C=O) groups excluding carboxylic acids is 1. The second-order valence-corrected chi connectivity index (χ2v) is 5.11. The largest absolute Gasteiger partial charge is 0.466 e. The Morgan fingerprint density at radius 3 is 2.62 bits per heavy atom. The van der Waals surface area contributed by atoms with Gasteiger partial charge in [-0.3, -0.25) is 4.79 Å². The van der Waals surface area contributed by atoms with Crippen molar-refractivity contribution in [2.45, 2.75) is 39.7 Å². The Labute approximate surface area is 99.3 Å². The van der Waals surface area contributed by atoms with Crippen molar-refractivity contribution < 1.29 is 14.6 Å². The molecule has 1 atom stereocenters. The molecule has 0 spiro atoms. The molecule has 1 aromatic rings. The van der Waals surface area contributed by atoms with E-state index in [1.165, 1.54) is 11.3 Å². The Morgan fingerprint density at radius 1 is 1.56 bits per heavy atom. The molecule has 4 nitrogen and oxygen atoms in total. The first kappa shape index (κ1) is 13.1. The maximum Gasteiger partial charge on any atom is 0.309 e. The van der Waals surface area contributed by atoms with Gasteiger partial charge in [0.05, 0.1) is 28.6 Å². The van der Waals surface area contributed by atoms with Gasteiger partial charge in [-0.15, -0.1) is 11.3 Å². The van der Waals surface area contributed by atoms with Gasteiger partial charge in [0.1, 0.15) is 5.60 Å². The van der Waals surface area contributed by atoms with Crippen LogP contribution in [0.5, 0.6) is 0 Å². The van der Waals surface area contributed by atoms with Crippen LogP contribution in [0.25, 0.3) is 0 Å². The highest BCUT2D eigenvalue weighted by Gasteiger charge is 2.31. The van der Waals surface area contributed by atoms with Crippen LogP contribution in [0.4, 0.5) is 0 Å². The number of rotatable bonds is 4. The number of ether oxygens (including phenoxy) is 1. The van der Waals surface area contributed by atoms with Crippen molar-refractivity contribution in [1.29, 1.82) is 0 Å². The molecule has 0 fully saturated rings. The lowest BCUT2D eigenvalue weighted by Crippen LogP contribution is -2.26. The molecule has 1 rings (SSSR count). The highest BCUT2D eigenvalue weighted by Crippen LogP contribution is 2.32. The van der Waals surface area contributed by atoms with E-state index < -0.39 is 11.6 Å². The summed E-state index contributed by atoms with van der Waals surface area (Å²) in [4.78, 5) is 16.3. The second-order valence-electron chi connectivity index (χ2n) is 3.90. The van der Waals surface area contributed by atoms with Crippen LogP contribution in [0.2, 0.25) is 0 Å². The molecule has 0 bridgehead atoms. The molecular formula is C11H17NO3S. The summed E-state index contributed by atoms with van der Waals surface area (Å²) in [5.41, 5.74) is -0.417. The van der Waals surface area contributed by atoms with Crippen LogP contribution in [0.15, 0.2) is 0 Å². The van der Waals surface area contributed by atoms with Crippen molar-refractivity contribution in [2.24, 2.45) is 0 Å². The lowest BCUT2D eigenvalue weighted by atomic mass is 9.99. The lowest BCUT2D eigenvalue weighted by Gasteiger charge is -2.21. The zero-order valence-corrected chi connectivity index (χ0v) is 10.8. The number of aromatic nitrogens is 1. The van der Waals surface area contributed by atoms with Crippen molar-refractivity contribution >= 4 is 17.3 Å². The van der Waals surface area contributed by atoms with Crippen molar-refractivity contribution in [3.63, 3.8) is 0 Å². The van der Waals surface area contributed by atoms with E-state index in [1.807, 2.05) is 13.8 Å². The van der Waals surface area contributed by atoms with Crippen LogP contribution in [-0.4, -0.2) is 22.7 Å². The monoisotopic (exact) mass is 243 g/mol. The fraction of sp³-hybridized carbons (Fsp3) is 0.636. The van der Waals surface area contributed by atoms with E-state index in [4.69, 9.17) is 4.74 Å². The molecule has 0 saturated heterocycles. The minimum absolute atomic E-state index is 0.0384. The van der Waals surface area contributed by atoms with Gasteiger partial charge in [0.15, 0.2) is 0 Å². The van der Waals surface area contributed by atoms with Crippen molar-refractivity contribution in [1.82, 2.24) is 4.98 Å². The SMILES string of the molecule is CCOC(=O)CC(C)(O)c1sc(C)nc1C. The van der Waals surface area contributed by atoms with Gasteiger partial charge in [-0.2, -0.15) is 0 Å². The Morgan fingerprint density at radius 2 is 2.19 bits per heavy atom. The number of carbonyl (C=O) groups is 1. The molecule has 0 aromatic carbocycles. The van der Waals surface area contributed by atoms with E-state index in [0.717, 1.165) is 15.6 Å². The Hall–Kier alpha value is -0.940. The maximum absolute atomic E-state index is 11.4. The third-order valence-corrected chi connectivity index (χ3v) is 3.51. The molecule has 0 aliphatic heterocycles. The third kappa shape index (κ3) is 3.02. The van der Waals surface area contributed by atoms with Gasteiger partial charge in [0, 0.05) is 0 Å². The maximum atomic E-state index is 11.4. The van der Waals surface area contributed by atoms with E-state index in [1.54, 1.807) is 13.8 Å². The van der Waals surface area contributed by atoms with Crippen LogP contribution in [0.1, 0.15) is 35.8 Å². The molecule has 0 saturated carbocycles. The molecule has 16 heavy (non-hydrogen) atoms. The van der Waals surface area contributed by atoms with E-state index in [-0.39, 0.29) is 6.42 Å². The molecule has 0 amide bonds. The van der Waals surface area contributed by atoms with Gasteiger partial charge in [-0.25, -0.2) is 4.98 Å².